The summed E-state index contributed by atoms with van der Waals surface area (Å²) in [4.78, 5) is 54.4. The zero-order valence-electron chi connectivity index (χ0n) is 15.9. The van der Waals surface area contributed by atoms with Gasteiger partial charge < -0.3 is 19.5 Å². The molecule has 1 aliphatic carbocycles. The number of hydrogen-bond donors (Lipinski definition) is 1. The molecule has 1 aromatic heterocycles. The van der Waals surface area contributed by atoms with E-state index in [-0.39, 0.29) is 36.5 Å². The normalized spacial score (nSPS) is 22.5. The number of nitrogens with zero attached hydrogens (tertiary/aromatic N) is 3. The molecule has 2 aromatic rings. The molecular weight excluding hydrogens is 392 g/mol. The van der Waals surface area contributed by atoms with Crippen LogP contribution < -0.4 is 10.2 Å². The lowest BCUT2D eigenvalue weighted by Crippen LogP contribution is -2.69. The van der Waals surface area contributed by atoms with Gasteiger partial charge in [-0.05, 0) is 25.0 Å². The third-order valence-electron chi connectivity index (χ3n) is 5.58. The molecule has 0 bridgehead atoms. The molecule has 3 amide bonds. The highest BCUT2D eigenvalue weighted by molar-refractivity contribution is 6.15. The number of esters is 1. The highest BCUT2D eigenvalue weighted by Crippen LogP contribution is 2.49. The molecule has 1 unspecified atom stereocenters. The summed E-state index contributed by atoms with van der Waals surface area (Å²) >= 11 is 0. The van der Waals surface area contributed by atoms with Gasteiger partial charge in [0.2, 0.25) is 11.6 Å². The van der Waals surface area contributed by atoms with Crippen LogP contribution in [0.2, 0.25) is 0 Å². The number of fused-ring (bicyclic) bond motifs is 3. The summed E-state index contributed by atoms with van der Waals surface area (Å²) in [6, 6.07) is 8.05. The van der Waals surface area contributed by atoms with E-state index in [1.165, 1.54) is 22.1 Å². The van der Waals surface area contributed by atoms with Gasteiger partial charge in [0.1, 0.15) is 6.26 Å². The van der Waals surface area contributed by atoms with Crippen LogP contribution in [0.25, 0.3) is 0 Å². The molecule has 3 heterocycles. The van der Waals surface area contributed by atoms with E-state index in [2.05, 4.69) is 15.0 Å². The molecule has 154 valence electrons. The van der Waals surface area contributed by atoms with E-state index in [0.29, 0.717) is 11.3 Å². The molecule has 1 aromatic carbocycles. The number of benzene rings is 1. The summed E-state index contributed by atoms with van der Waals surface area (Å²) < 4.78 is 9.95. The number of ether oxygens (including phenoxy) is 1. The lowest BCUT2D eigenvalue weighted by atomic mass is 9.96. The topological polar surface area (TPSA) is 122 Å². The molecule has 0 spiro atoms. The van der Waals surface area contributed by atoms with Crippen molar-refractivity contribution in [1.82, 2.24) is 10.1 Å². The molecule has 1 saturated heterocycles. The predicted octanol–water partition coefficient (Wildman–Crippen LogP) is 1.30. The Hall–Kier alpha value is -3.69. The van der Waals surface area contributed by atoms with Gasteiger partial charge in [-0.1, -0.05) is 17.3 Å². The van der Waals surface area contributed by atoms with Crippen molar-refractivity contribution in [3.8, 4) is 0 Å². The van der Waals surface area contributed by atoms with Gasteiger partial charge in [-0.25, -0.2) is 4.79 Å². The zero-order valence-corrected chi connectivity index (χ0v) is 15.9. The number of anilines is 2. The first kappa shape index (κ1) is 18.3. The van der Waals surface area contributed by atoms with Crippen LogP contribution in [0.5, 0.6) is 0 Å². The summed E-state index contributed by atoms with van der Waals surface area (Å²) in [5.41, 5.74) is -0.796. The third-order valence-corrected chi connectivity index (χ3v) is 5.58. The van der Waals surface area contributed by atoms with E-state index in [0.717, 1.165) is 12.8 Å². The quantitative estimate of drug-likeness (QED) is 0.737. The number of carbonyl (C=O) groups is 4. The second-order valence-corrected chi connectivity index (χ2v) is 7.48. The minimum Gasteiger partial charge on any atom is -0.452 e. The molecule has 5 rings (SSSR count). The molecule has 10 heteroatoms. The van der Waals surface area contributed by atoms with Crippen LogP contribution in [0.4, 0.5) is 11.5 Å². The van der Waals surface area contributed by atoms with Gasteiger partial charge in [-0.15, -0.1) is 0 Å². The van der Waals surface area contributed by atoms with Crippen molar-refractivity contribution >= 4 is 35.2 Å². The van der Waals surface area contributed by atoms with Crippen molar-refractivity contribution in [3.63, 3.8) is 0 Å². The van der Waals surface area contributed by atoms with Crippen molar-refractivity contribution in [1.29, 1.82) is 0 Å². The molecular formula is C20H18N4O6. The van der Waals surface area contributed by atoms with Crippen molar-refractivity contribution in [2.24, 2.45) is 0 Å². The van der Waals surface area contributed by atoms with E-state index < -0.39 is 24.1 Å². The summed E-state index contributed by atoms with van der Waals surface area (Å²) in [5.74, 6) is -1.77. The van der Waals surface area contributed by atoms with Crippen LogP contribution in [-0.2, 0) is 19.1 Å². The van der Waals surface area contributed by atoms with E-state index >= 15 is 0 Å². The first-order valence-corrected chi connectivity index (χ1v) is 9.65. The minimum atomic E-state index is -1.57. The molecule has 3 aliphatic rings. The Bertz CT molecular complexity index is 1050. The molecule has 1 N–H and O–H groups in total. The highest BCUT2D eigenvalue weighted by atomic mass is 16.5. The number of rotatable bonds is 5. The van der Waals surface area contributed by atoms with Crippen LogP contribution in [0, 0.1) is 0 Å². The Morgan fingerprint density at radius 2 is 2.03 bits per heavy atom. The fourth-order valence-electron chi connectivity index (χ4n) is 4.22. The maximum Gasteiger partial charge on any atom is 0.354 e. The smallest absolute Gasteiger partial charge is 0.354 e. The van der Waals surface area contributed by atoms with Crippen LogP contribution in [0.15, 0.2) is 41.1 Å². The standard InChI is InChI=1S/C20H18N4O6/c25-16(21-15-8-10-30-22-15)11-29-19(28)20-9-7-17(26)24(20)14-4-2-1-3-13(14)18(27)23(20)12-5-6-12/h1-4,8,10,12H,5-7,9,11H2,(H,21,22,25). The van der Waals surface area contributed by atoms with Crippen LogP contribution in [0.1, 0.15) is 36.0 Å². The fourth-order valence-corrected chi connectivity index (χ4v) is 4.22. The number of hydrogen-bond acceptors (Lipinski definition) is 7. The van der Waals surface area contributed by atoms with Gasteiger partial charge in [0.25, 0.3) is 11.8 Å². The van der Waals surface area contributed by atoms with Gasteiger partial charge in [-0.2, -0.15) is 0 Å². The number of amides is 3. The van der Waals surface area contributed by atoms with Crippen LogP contribution in [-0.4, -0.2) is 52.1 Å². The largest absolute Gasteiger partial charge is 0.452 e. The Labute approximate surface area is 170 Å². The molecule has 2 aliphatic heterocycles. The number of nitrogens with one attached hydrogen (secondary N) is 1. The van der Waals surface area contributed by atoms with Gasteiger partial charge >= 0.3 is 5.97 Å². The second-order valence-electron chi connectivity index (χ2n) is 7.48. The second kappa shape index (κ2) is 6.68. The summed E-state index contributed by atoms with van der Waals surface area (Å²) in [5, 5.41) is 6.00. The molecule has 10 nitrogen and oxygen atoms in total. The number of para-hydroxylation sites is 1. The third kappa shape index (κ3) is 2.67. The van der Waals surface area contributed by atoms with E-state index in [9.17, 15) is 19.2 Å². The molecule has 1 atom stereocenters. The first-order chi connectivity index (χ1) is 14.5. The van der Waals surface area contributed by atoms with Gasteiger partial charge in [0.15, 0.2) is 12.4 Å². The average molecular weight is 410 g/mol. The van der Waals surface area contributed by atoms with Crippen LogP contribution >= 0.6 is 0 Å². The Morgan fingerprint density at radius 1 is 1.23 bits per heavy atom. The average Bonchev–Trinajstić information content (AvgIpc) is 3.32. The lowest BCUT2D eigenvalue weighted by molar-refractivity contribution is -0.159. The van der Waals surface area contributed by atoms with Crippen molar-refractivity contribution in [2.45, 2.75) is 37.4 Å². The minimum absolute atomic E-state index is 0.102. The monoisotopic (exact) mass is 410 g/mol. The molecule has 0 radical (unpaired) electrons. The van der Waals surface area contributed by atoms with Gasteiger partial charge in [-0.3, -0.25) is 19.3 Å². The maximum absolute atomic E-state index is 13.3. The fraction of sp³-hybridized carbons (Fsp3) is 0.350. The molecule has 1 saturated carbocycles. The van der Waals surface area contributed by atoms with E-state index in [1.807, 2.05) is 0 Å². The Morgan fingerprint density at radius 3 is 2.77 bits per heavy atom. The van der Waals surface area contributed by atoms with Crippen molar-refractivity contribution in [2.75, 3.05) is 16.8 Å². The summed E-state index contributed by atoms with van der Waals surface area (Å²) in [6.45, 7) is -0.580. The summed E-state index contributed by atoms with van der Waals surface area (Å²) in [7, 11) is 0. The van der Waals surface area contributed by atoms with Gasteiger partial charge in [0.05, 0.1) is 11.3 Å². The number of aromatic nitrogens is 1. The Kier molecular flexibility index (Phi) is 4.09. The van der Waals surface area contributed by atoms with Crippen molar-refractivity contribution in [3.05, 3.63) is 42.2 Å². The molecule has 30 heavy (non-hydrogen) atoms. The predicted molar refractivity (Wildman–Crippen MR) is 101 cm³/mol. The van der Waals surface area contributed by atoms with Crippen molar-refractivity contribution < 1.29 is 28.4 Å². The zero-order chi connectivity index (χ0) is 20.9. The maximum atomic E-state index is 13.3. The first-order valence-electron chi connectivity index (χ1n) is 9.65. The molecule has 2 fully saturated rings. The highest BCUT2D eigenvalue weighted by Gasteiger charge is 2.64. The van der Waals surface area contributed by atoms with Gasteiger partial charge in [0, 0.05) is 24.9 Å². The van der Waals surface area contributed by atoms with Crippen LogP contribution in [0.3, 0.4) is 0 Å². The number of carbonyl (C=O) groups excluding carboxylic acids is 4. The summed E-state index contributed by atoms with van der Waals surface area (Å²) in [6.07, 6.45) is 3.01. The SMILES string of the molecule is O=C(COC(=O)C12CCC(=O)N1c1ccccc1C(=O)N2C1CC1)Nc1ccon1. The Balaban J connectivity index is 1.46. The van der Waals surface area contributed by atoms with E-state index in [4.69, 9.17) is 4.74 Å². The van der Waals surface area contributed by atoms with E-state index in [1.54, 1.807) is 24.3 Å². The lowest BCUT2D eigenvalue weighted by Gasteiger charge is -2.48.